The maximum absolute atomic E-state index is 13.4. The van der Waals surface area contributed by atoms with E-state index in [9.17, 15) is 4.79 Å². The van der Waals surface area contributed by atoms with Gasteiger partial charge in [0.2, 0.25) is 11.8 Å². The molecule has 1 aromatic heterocycles. The van der Waals surface area contributed by atoms with Gasteiger partial charge in [-0.3, -0.25) is 5.32 Å². The SMILES string of the molecule is CP(C)c1ccc(N/C(=C\C(=N)C(C)(C)C)NC(=O)Nc2ccc(Oc3ccnc(Nc4ccc(SCCO)cc4)n3)c3ccccc23)cc1. The number of nitrogens with zero attached hydrogens (tertiary/aromatic N) is 2. The summed E-state index contributed by atoms with van der Waals surface area (Å²) in [5.74, 6) is 2.33. The van der Waals surface area contributed by atoms with E-state index in [2.05, 4.69) is 56.7 Å². The summed E-state index contributed by atoms with van der Waals surface area (Å²) in [7, 11) is -0.226. The largest absolute Gasteiger partial charge is 0.438 e. The Labute approximate surface area is 298 Å². The number of carbonyl (C=O) groups is 1. The number of amides is 2. The summed E-state index contributed by atoms with van der Waals surface area (Å²) >= 11 is 1.58. The minimum atomic E-state index is -0.460. The van der Waals surface area contributed by atoms with Crippen molar-refractivity contribution < 1.29 is 14.6 Å². The van der Waals surface area contributed by atoms with Crippen LogP contribution in [0.4, 0.5) is 27.8 Å². The Morgan fingerprint density at radius 1 is 0.920 bits per heavy atom. The highest BCUT2D eigenvalue weighted by Gasteiger charge is 2.18. The van der Waals surface area contributed by atoms with E-state index in [0.29, 0.717) is 40.6 Å². The molecule has 0 aliphatic carbocycles. The predicted octanol–water partition coefficient (Wildman–Crippen LogP) is 8.76. The number of aliphatic hydroxyl groups excluding tert-OH is 1. The van der Waals surface area contributed by atoms with Crippen molar-refractivity contribution in [3.05, 3.63) is 109 Å². The molecule has 1 heterocycles. The van der Waals surface area contributed by atoms with E-state index in [0.717, 1.165) is 27.0 Å². The lowest BCUT2D eigenvalue weighted by atomic mass is 9.90. The molecule has 10 nitrogen and oxygen atoms in total. The highest BCUT2D eigenvalue weighted by molar-refractivity contribution is 7.99. The lowest BCUT2D eigenvalue weighted by Gasteiger charge is -2.20. The molecule has 258 valence electrons. The first kappa shape index (κ1) is 36.3. The van der Waals surface area contributed by atoms with E-state index >= 15 is 0 Å². The van der Waals surface area contributed by atoms with Crippen molar-refractivity contribution in [3.63, 3.8) is 0 Å². The second-order valence-corrected chi connectivity index (χ2v) is 16.0. The van der Waals surface area contributed by atoms with Crippen molar-refractivity contribution in [2.75, 3.05) is 41.6 Å². The van der Waals surface area contributed by atoms with Crippen molar-refractivity contribution in [2.45, 2.75) is 25.7 Å². The molecule has 12 heteroatoms. The molecule has 0 unspecified atom stereocenters. The minimum absolute atomic E-state index is 0.130. The molecule has 0 radical (unpaired) electrons. The maximum atomic E-state index is 13.4. The van der Waals surface area contributed by atoms with Gasteiger partial charge in [-0.1, -0.05) is 65.1 Å². The number of benzene rings is 4. The lowest BCUT2D eigenvalue weighted by Crippen LogP contribution is -2.32. The van der Waals surface area contributed by atoms with Crippen molar-refractivity contribution in [3.8, 4) is 11.6 Å². The minimum Gasteiger partial charge on any atom is -0.438 e. The molecular weight excluding hydrogens is 666 g/mol. The van der Waals surface area contributed by atoms with E-state index in [4.69, 9.17) is 15.3 Å². The highest BCUT2D eigenvalue weighted by Crippen LogP contribution is 2.34. The van der Waals surface area contributed by atoms with Crippen LogP contribution in [-0.2, 0) is 0 Å². The van der Waals surface area contributed by atoms with Crippen LogP contribution < -0.4 is 31.3 Å². The highest BCUT2D eigenvalue weighted by atomic mass is 32.2. The lowest BCUT2D eigenvalue weighted by molar-refractivity contribution is 0.254. The van der Waals surface area contributed by atoms with Gasteiger partial charge in [0, 0.05) is 62.3 Å². The topological polar surface area (TPSA) is 144 Å². The van der Waals surface area contributed by atoms with Crippen LogP contribution in [0.1, 0.15) is 20.8 Å². The summed E-state index contributed by atoms with van der Waals surface area (Å²) in [5.41, 5.74) is 2.17. The molecule has 0 bridgehead atoms. The third kappa shape index (κ3) is 10.0. The monoisotopic (exact) mass is 707 g/mol. The molecule has 0 saturated heterocycles. The summed E-state index contributed by atoms with van der Waals surface area (Å²) in [6, 6.07) is 28.4. The number of thioether (sulfide) groups is 1. The number of anilines is 4. The molecule has 0 saturated carbocycles. The number of aliphatic hydroxyl groups is 1. The fraction of sp³-hybridized carbons (Fsp3) is 0.211. The van der Waals surface area contributed by atoms with E-state index in [-0.39, 0.29) is 14.5 Å². The van der Waals surface area contributed by atoms with E-state index in [1.807, 2.05) is 81.4 Å². The fourth-order valence-electron chi connectivity index (χ4n) is 4.71. The van der Waals surface area contributed by atoms with Gasteiger partial charge in [-0.25, -0.2) is 9.78 Å². The van der Waals surface area contributed by atoms with E-state index in [1.54, 1.807) is 42.2 Å². The number of nitrogens with one attached hydrogen (secondary N) is 5. The molecule has 5 rings (SSSR count). The quantitative estimate of drug-likeness (QED) is 0.0405. The van der Waals surface area contributed by atoms with Crippen LogP contribution in [0.25, 0.3) is 10.8 Å². The molecule has 0 atom stereocenters. The number of urea groups is 1. The van der Waals surface area contributed by atoms with Gasteiger partial charge in [0.05, 0.1) is 12.3 Å². The van der Waals surface area contributed by atoms with Gasteiger partial charge < -0.3 is 31.2 Å². The van der Waals surface area contributed by atoms with E-state index < -0.39 is 11.4 Å². The Bertz CT molecular complexity index is 1980. The number of hydrogen-bond donors (Lipinski definition) is 6. The normalized spacial score (nSPS) is 11.7. The summed E-state index contributed by atoms with van der Waals surface area (Å²) in [6.45, 7) is 10.4. The van der Waals surface area contributed by atoms with Crippen LogP contribution in [0.15, 0.2) is 114 Å². The number of hydrogen-bond acceptors (Lipinski definition) is 9. The van der Waals surface area contributed by atoms with Gasteiger partial charge in [0.15, 0.2) is 0 Å². The zero-order chi connectivity index (χ0) is 35.7. The molecular formula is C38H42N7O3PS. The average molecular weight is 708 g/mol. The summed E-state index contributed by atoms with van der Waals surface area (Å²) in [4.78, 5) is 23.4. The first-order valence-electron chi connectivity index (χ1n) is 16.0. The Morgan fingerprint density at radius 2 is 1.62 bits per heavy atom. The standard InChI is InChI=1S/C38H42N7O3PS/c1-38(2,3)33(39)24-34(41-25-10-14-27(15-11-25)49(4)5)44-37(47)43-31-18-19-32(30-9-7-6-8-29(30)31)48-35-20-21-40-36(45-35)42-26-12-16-28(17-13-26)50-23-22-46/h6-21,24,39,41,46H,22-23H2,1-5H3,(H,40,42,45)(H2,43,44,47)/b34-24+,39-33?. The smallest absolute Gasteiger partial charge is 0.324 e. The number of carbonyl (C=O) groups excluding carboxylic acids is 1. The van der Waals surface area contributed by atoms with Gasteiger partial charge in [-0.05, 0) is 67.2 Å². The Balaban J connectivity index is 1.31. The second kappa shape index (κ2) is 16.6. The molecule has 50 heavy (non-hydrogen) atoms. The van der Waals surface area contributed by atoms with Crippen LogP contribution in [0.2, 0.25) is 0 Å². The number of rotatable bonds is 13. The first-order chi connectivity index (χ1) is 24.0. The van der Waals surface area contributed by atoms with Gasteiger partial charge in [-0.2, -0.15) is 4.98 Å². The molecule has 0 aliphatic heterocycles. The Morgan fingerprint density at radius 3 is 2.30 bits per heavy atom. The van der Waals surface area contributed by atoms with Crippen LogP contribution in [-0.4, -0.2) is 52.5 Å². The Kier molecular flexibility index (Phi) is 12.1. The third-order valence-corrected chi connectivity index (χ3v) is 9.78. The molecule has 5 aromatic rings. The predicted molar refractivity (Wildman–Crippen MR) is 209 cm³/mol. The van der Waals surface area contributed by atoms with Crippen molar-refractivity contribution >= 4 is 70.5 Å². The number of allylic oxidation sites excluding steroid dienone is 1. The fourth-order valence-corrected chi connectivity index (χ4v) is 6.11. The third-order valence-electron chi connectivity index (χ3n) is 7.45. The molecule has 0 spiro atoms. The van der Waals surface area contributed by atoms with Crippen molar-refractivity contribution in [1.29, 1.82) is 5.41 Å². The maximum Gasteiger partial charge on any atom is 0.324 e. The van der Waals surface area contributed by atoms with Crippen LogP contribution >= 0.6 is 19.7 Å². The number of aromatic nitrogens is 2. The molecule has 2 amide bonds. The summed E-state index contributed by atoms with van der Waals surface area (Å²) in [6.07, 6.45) is 3.27. The average Bonchev–Trinajstić information content (AvgIpc) is 3.09. The van der Waals surface area contributed by atoms with Crippen molar-refractivity contribution in [1.82, 2.24) is 15.3 Å². The van der Waals surface area contributed by atoms with Gasteiger partial charge in [0.25, 0.3) is 0 Å². The zero-order valence-electron chi connectivity index (χ0n) is 28.7. The van der Waals surface area contributed by atoms with Gasteiger partial charge >= 0.3 is 6.03 Å². The molecule has 0 fully saturated rings. The molecule has 6 N–H and O–H groups in total. The molecule has 4 aromatic carbocycles. The van der Waals surface area contributed by atoms with Crippen molar-refractivity contribution in [2.24, 2.45) is 5.41 Å². The van der Waals surface area contributed by atoms with Gasteiger partial charge in [-0.15, -0.1) is 11.8 Å². The summed E-state index contributed by atoms with van der Waals surface area (Å²) in [5, 5.41) is 32.8. The van der Waals surface area contributed by atoms with Crippen LogP contribution in [0.3, 0.4) is 0 Å². The second-order valence-electron chi connectivity index (χ2n) is 12.6. The first-order valence-corrected chi connectivity index (χ1v) is 19.3. The van der Waals surface area contributed by atoms with Crippen LogP contribution in [0.5, 0.6) is 11.6 Å². The molecule has 0 aliphatic rings. The van der Waals surface area contributed by atoms with Gasteiger partial charge in [0.1, 0.15) is 11.6 Å². The van der Waals surface area contributed by atoms with Crippen LogP contribution in [0, 0.1) is 10.8 Å². The van der Waals surface area contributed by atoms with E-state index in [1.165, 1.54) is 5.30 Å². The number of fused-ring (bicyclic) bond motifs is 1. The zero-order valence-corrected chi connectivity index (χ0v) is 30.5. The number of ether oxygens (including phenoxy) is 1. The Hall–Kier alpha value is -4.96. The summed E-state index contributed by atoms with van der Waals surface area (Å²) < 4.78 is 6.23.